The van der Waals surface area contributed by atoms with Gasteiger partial charge in [-0.2, -0.15) is 11.8 Å². The first kappa shape index (κ1) is 14.0. The molecule has 1 aliphatic rings. The van der Waals surface area contributed by atoms with Crippen LogP contribution in [0.5, 0.6) is 0 Å². The number of hydrogen-bond donors (Lipinski definition) is 2. The van der Waals surface area contributed by atoms with Crippen LogP contribution in [-0.4, -0.2) is 28.6 Å². The van der Waals surface area contributed by atoms with Crippen molar-refractivity contribution in [2.24, 2.45) is 5.73 Å². The lowest BCUT2D eigenvalue weighted by molar-refractivity contribution is 0.443. The fraction of sp³-hybridized carbons (Fsp3) is 0.400. The van der Waals surface area contributed by atoms with Crippen LogP contribution in [0, 0.1) is 0 Å². The maximum atomic E-state index is 6.24. The molecular formula is C15H18ClN3S. The van der Waals surface area contributed by atoms with E-state index in [2.05, 4.69) is 10.3 Å². The highest BCUT2D eigenvalue weighted by atomic mass is 35.5. The largest absolute Gasteiger partial charge is 0.377 e. The molecule has 2 aromatic rings. The summed E-state index contributed by atoms with van der Waals surface area (Å²) < 4.78 is 0. The average molecular weight is 308 g/mol. The summed E-state index contributed by atoms with van der Waals surface area (Å²) in [6, 6.07) is 7.85. The van der Waals surface area contributed by atoms with Gasteiger partial charge < -0.3 is 11.1 Å². The molecule has 0 saturated carbocycles. The number of thioether (sulfide) groups is 1. The predicted molar refractivity (Wildman–Crippen MR) is 88.7 cm³/mol. The topological polar surface area (TPSA) is 50.9 Å². The molecular weight excluding hydrogens is 290 g/mol. The summed E-state index contributed by atoms with van der Waals surface area (Å²) in [6.45, 7) is 0.643. The first-order valence-corrected chi connectivity index (χ1v) is 8.37. The van der Waals surface area contributed by atoms with E-state index in [-0.39, 0.29) is 5.54 Å². The number of rotatable bonds is 3. The maximum absolute atomic E-state index is 6.24. The minimum absolute atomic E-state index is 0.0104. The summed E-state index contributed by atoms with van der Waals surface area (Å²) in [6.07, 6.45) is 3.98. The summed E-state index contributed by atoms with van der Waals surface area (Å²) in [5.41, 5.74) is 7.98. The maximum Gasteiger partial charge on any atom is 0.0948 e. The molecule has 3 nitrogen and oxygen atoms in total. The molecule has 1 aromatic heterocycles. The lowest BCUT2D eigenvalue weighted by Crippen LogP contribution is -2.48. The molecule has 1 aromatic carbocycles. The molecule has 0 radical (unpaired) electrons. The quantitative estimate of drug-likeness (QED) is 0.911. The van der Waals surface area contributed by atoms with Gasteiger partial charge in [-0.3, -0.25) is 4.98 Å². The molecule has 3 N–H and O–H groups in total. The van der Waals surface area contributed by atoms with Crippen LogP contribution in [0.1, 0.15) is 12.8 Å². The van der Waals surface area contributed by atoms with E-state index in [0.29, 0.717) is 6.54 Å². The molecule has 1 aliphatic heterocycles. The summed E-state index contributed by atoms with van der Waals surface area (Å²) in [4.78, 5) is 4.48. The van der Waals surface area contributed by atoms with Gasteiger partial charge in [0.05, 0.1) is 21.8 Å². The Balaban J connectivity index is 2.00. The number of halogens is 1. The third kappa shape index (κ3) is 2.60. The molecule has 0 spiro atoms. The Kier molecular flexibility index (Phi) is 4.06. The summed E-state index contributed by atoms with van der Waals surface area (Å²) in [7, 11) is 0. The van der Waals surface area contributed by atoms with Crippen LogP contribution < -0.4 is 11.1 Å². The van der Waals surface area contributed by atoms with Crippen molar-refractivity contribution in [1.29, 1.82) is 0 Å². The molecule has 106 valence electrons. The van der Waals surface area contributed by atoms with Gasteiger partial charge in [-0.05, 0) is 48.6 Å². The van der Waals surface area contributed by atoms with Gasteiger partial charge >= 0.3 is 0 Å². The minimum atomic E-state index is -0.0104. The second kappa shape index (κ2) is 5.80. The van der Waals surface area contributed by atoms with Gasteiger partial charge in [-0.15, -0.1) is 0 Å². The van der Waals surface area contributed by atoms with Crippen molar-refractivity contribution < 1.29 is 0 Å². The van der Waals surface area contributed by atoms with Gasteiger partial charge in [0.2, 0.25) is 0 Å². The molecule has 0 bridgehead atoms. The third-order valence-corrected chi connectivity index (χ3v) is 5.27. The lowest BCUT2D eigenvalue weighted by Gasteiger charge is -2.38. The van der Waals surface area contributed by atoms with Crippen LogP contribution in [0.25, 0.3) is 10.9 Å². The van der Waals surface area contributed by atoms with Gasteiger partial charge in [0.15, 0.2) is 0 Å². The van der Waals surface area contributed by atoms with Crippen molar-refractivity contribution in [1.82, 2.24) is 4.98 Å². The zero-order valence-electron chi connectivity index (χ0n) is 11.2. The summed E-state index contributed by atoms with van der Waals surface area (Å²) in [5.74, 6) is 2.31. The number of aromatic nitrogens is 1. The van der Waals surface area contributed by atoms with E-state index in [9.17, 15) is 0 Å². The molecule has 0 amide bonds. The highest BCUT2D eigenvalue weighted by Gasteiger charge is 2.31. The van der Waals surface area contributed by atoms with E-state index in [4.69, 9.17) is 17.3 Å². The first-order valence-electron chi connectivity index (χ1n) is 6.83. The van der Waals surface area contributed by atoms with Gasteiger partial charge in [0.25, 0.3) is 0 Å². The molecule has 0 atom stereocenters. The molecule has 0 unspecified atom stereocenters. The Morgan fingerprint density at radius 2 is 2.10 bits per heavy atom. The van der Waals surface area contributed by atoms with Crippen molar-refractivity contribution in [2.45, 2.75) is 18.4 Å². The lowest BCUT2D eigenvalue weighted by atomic mass is 9.91. The molecule has 3 rings (SSSR count). The number of nitrogens with zero attached hydrogens (tertiary/aromatic N) is 1. The summed E-state index contributed by atoms with van der Waals surface area (Å²) in [5, 5.41) is 5.37. The number of anilines is 1. The number of nitrogens with one attached hydrogen (secondary N) is 1. The number of benzene rings is 1. The average Bonchev–Trinajstić information content (AvgIpc) is 2.51. The second-order valence-electron chi connectivity index (χ2n) is 5.22. The van der Waals surface area contributed by atoms with Crippen molar-refractivity contribution in [3.63, 3.8) is 0 Å². The van der Waals surface area contributed by atoms with E-state index in [1.807, 2.05) is 36.0 Å². The van der Waals surface area contributed by atoms with E-state index >= 15 is 0 Å². The second-order valence-corrected chi connectivity index (χ2v) is 6.85. The molecule has 20 heavy (non-hydrogen) atoms. The monoisotopic (exact) mass is 307 g/mol. The number of hydrogen-bond acceptors (Lipinski definition) is 4. The van der Waals surface area contributed by atoms with Crippen LogP contribution in [0.4, 0.5) is 5.69 Å². The molecule has 1 fully saturated rings. The van der Waals surface area contributed by atoms with Crippen LogP contribution in [0.2, 0.25) is 5.02 Å². The number of fused-ring (bicyclic) bond motifs is 1. The Labute approximate surface area is 128 Å². The van der Waals surface area contributed by atoms with Crippen LogP contribution >= 0.6 is 23.4 Å². The highest BCUT2D eigenvalue weighted by molar-refractivity contribution is 7.99. The molecule has 5 heteroatoms. The zero-order valence-corrected chi connectivity index (χ0v) is 12.8. The van der Waals surface area contributed by atoms with E-state index < -0.39 is 0 Å². The molecule has 1 saturated heterocycles. The van der Waals surface area contributed by atoms with Crippen LogP contribution in [-0.2, 0) is 0 Å². The standard InChI is InChI=1S/C15H18ClN3S/c16-12-3-4-13(14-11(12)2-1-7-18-14)19-15(10-17)5-8-20-9-6-15/h1-4,7,19H,5-6,8-10,17H2. The smallest absolute Gasteiger partial charge is 0.0948 e. The first-order chi connectivity index (χ1) is 9.74. The normalized spacial score (nSPS) is 18.1. The molecule has 2 heterocycles. The van der Waals surface area contributed by atoms with Crippen molar-refractivity contribution >= 4 is 40.0 Å². The van der Waals surface area contributed by atoms with E-state index in [1.165, 1.54) is 0 Å². The number of pyridine rings is 1. The Hall–Kier alpha value is -0.970. The number of nitrogens with two attached hydrogens (primary N) is 1. The van der Waals surface area contributed by atoms with Crippen LogP contribution in [0.3, 0.4) is 0 Å². The highest BCUT2D eigenvalue weighted by Crippen LogP contribution is 2.34. The SMILES string of the molecule is NCC1(Nc2ccc(Cl)c3cccnc23)CCSCC1. The van der Waals surface area contributed by atoms with E-state index in [1.54, 1.807) is 6.20 Å². The van der Waals surface area contributed by atoms with E-state index in [0.717, 1.165) is 46.0 Å². The van der Waals surface area contributed by atoms with Crippen molar-refractivity contribution in [3.8, 4) is 0 Å². The predicted octanol–water partition coefficient (Wildman–Crippen LogP) is 3.52. The van der Waals surface area contributed by atoms with Gasteiger partial charge in [0, 0.05) is 18.1 Å². The fourth-order valence-corrected chi connectivity index (χ4v) is 4.16. The van der Waals surface area contributed by atoms with Crippen molar-refractivity contribution in [3.05, 3.63) is 35.5 Å². The molecule has 0 aliphatic carbocycles. The van der Waals surface area contributed by atoms with Crippen LogP contribution in [0.15, 0.2) is 30.5 Å². The Morgan fingerprint density at radius 3 is 2.85 bits per heavy atom. The third-order valence-electron chi connectivity index (χ3n) is 3.96. The minimum Gasteiger partial charge on any atom is -0.377 e. The Morgan fingerprint density at radius 1 is 1.30 bits per heavy atom. The fourth-order valence-electron chi connectivity index (χ4n) is 2.67. The van der Waals surface area contributed by atoms with Gasteiger partial charge in [-0.25, -0.2) is 0 Å². The summed E-state index contributed by atoms with van der Waals surface area (Å²) >= 11 is 8.24. The van der Waals surface area contributed by atoms with Gasteiger partial charge in [-0.1, -0.05) is 11.6 Å². The zero-order chi connectivity index (χ0) is 14.0. The Bertz CT molecular complexity index is 611. The van der Waals surface area contributed by atoms with Crippen molar-refractivity contribution in [2.75, 3.05) is 23.4 Å². The van der Waals surface area contributed by atoms with Gasteiger partial charge in [0.1, 0.15) is 0 Å².